The molecule has 0 saturated carbocycles. The van der Waals surface area contributed by atoms with Crippen molar-refractivity contribution >= 4 is 48.2 Å². The van der Waals surface area contributed by atoms with Gasteiger partial charge in [0.2, 0.25) is 0 Å². The predicted octanol–water partition coefficient (Wildman–Crippen LogP) is 5.52. The summed E-state index contributed by atoms with van der Waals surface area (Å²) in [6.45, 7) is 8.13. The van der Waals surface area contributed by atoms with E-state index in [0.717, 1.165) is 5.56 Å². The maximum atomic E-state index is 12.3. The molecule has 0 bridgehead atoms. The summed E-state index contributed by atoms with van der Waals surface area (Å²) >= 11 is 12.5. The second-order valence-corrected chi connectivity index (χ2v) is 9.43. The van der Waals surface area contributed by atoms with Gasteiger partial charge in [-0.3, -0.25) is 0 Å². The third kappa shape index (κ3) is 5.78. The van der Waals surface area contributed by atoms with E-state index in [0.29, 0.717) is 26.8 Å². The molecule has 0 aromatic heterocycles. The van der Waals surface area contributed by atoms with Gasteiger partial charge in [-0.15, -0.1) is 0 Å². The molecule has 2 aromatic rings. The van der Waals surface area contributed by atoms with Gasteiger partial charge in [-0.05, 0) is 56.4 Å². The molecular formula is C23H27BCl2N2O4. The molecule has 0 atom stereocenters. The molecule has 9 heteroatoms. The summed E-state index contributed by atoms with van der Waals surface area (Å²) in [5.74, 6) is 0. The number of hydrogen-bond donors (Lipinski definition) is 2. The van der Waals surface area contributed by atoms with Crippen LogP contribution in [0.5, 0.6) is 0 Å². The second kappa shape index (κ2) is 9.75. The van der Waals surface area contributed by atoms with E-state index in [-0.39, 0.29) is 13.2 Å². The van der Waals surface area contributed by atoms with Crippen LogP contribution in [0.25, 0.3) is 6.08 Å². The minimum Gasteiger partial charge on any atom is -0.445 e. The topological polar surface area (TPSA) is 82.8 Å². The number of carbonyl (C=O) groups excluding carboxylic acids is 1. The third-order valence-electron chi connectivity index (χ3n) is 5.66. The van der Waals surface area contributed by atoms with Crippen LogP contribution in [0.15, 0.2) is 47.9 Å². The lowest BCUT2D eigenvalue weighted by molar-refractivity contribution is 0.00578. The number of amides is 1. The van der Waals surface area contributed by atoms with Crippen molar-refractivity contribution in [2.24, 2.45) is 0 Å². The summed E-state index contributed by atoms with van der Waals surface area (Å²) in [6.07, 6.45) is 1.23. The number of anilines is 1. The number of nitrogens with one attached hydrogen (secondary N) is 1. The molecule has 0 spiro atoms. The molecule has 1 amide bonds. The lowest BCUT2D eigenvalue weighted by Gasteiger charge is -2.32. The van der Waals surface area contributed by atoms with E-state index in [1.165, 1.54) is 0 Å². The highest BCUT2D eigenvalue weighted by Gasteiger charge is 2.52. The Morgan fingerprint density at radius 3 is 2.34 bits per heavy atom. The van der Waals surface area contributed by atoms with Gasteiger partial charge in [0.05, 0.1) is 21.9 Å². The van der Waals surface area contributed by atoms with E-state index >= 15 is 0 Å². The fourth-order valence-electron chi connectivity index (χ4n) is 3.03. The van der Waals surface area contributed by atoms with Crippen molar-refractivity contribution in [3.05, 3.63) is 69.1 Å². The standard InChI is InChI=1S/C23H27BCl2N2O4/c1-22(2)23(3,4)32-24(31-22)17(10-16-11-19(26)20(27)12-18(16)25)13-28-21(29)30-14-15-8-6-5-7-9-15/h5-12H,13-14,27H2,1-4H3,(H,28,29). The lowest BCUT2D eigenvalue weighted by Crippen LogP contribution is -2.41. The quantitative estimate of drug-likeness (QED) is 0.423. The van der Waals surface area contributed by atoms with Crippen LogP contribution in [-0.2, 0) is 20.7 Å². The zero-order chi connectivity index (χ0) is 23.5. The summed E-state index contributed by atoms with van der Waals surface area (Å²) in [6, 6.07) is 12.7. The third-order valence-corrected chi connectivity index (χ3v) is 6.32. The van der Waals surface area contributed by atoms with Gasteiger partial charge in [0.1, 0.15) is 6.61 Å². The summed E-state index contributed by atoms with van der Waals surface area (Å²) in [5.41, 5.74) is 7.31. The van der Waals surface area contributed by atoms with E-state index in [4.69, 9.17) is 43.0 Å². The van der Waals surface area contributed by atoms with Gasteiger partial charge < -0.3 is 25.1 Å². The van der Waals surface area contributed by atoms with Crippen LogP contribution < -0.4 is 11.1 Å². The Bertz CT molecular complexity index is 997. The number of rotatable bonds is 6. The number of halogens is 2. The van der Waals surface area contributed by atoms with Crippen molar-refractivity contribution in [2.45, 2.75) is 45.5 Å². The van der Waals surface area contributed by atoms with Crippen molar-refractivity contribution in [3.8, 4) is 0 Å². The molecule has 2 aromatic carbocycles. The smallest absolute Gasteiger partial charge is 0.445 e. The Hall–Kier alpha value is -2.19. The maximum Gasteiger partial charge on any atom is 0.492 e. The van der Waals surface area contributed by atoms with E-state index in [2.05, 4.69) is 5.32 Å². The molecule has 1 aliphatic rings. The highest BCUT2D eigenvalue weighted by molar-refractivity contribution is 6.56. The zero-order valence-corrected chi connectivity index (χ0v) is 20.1. The number of ether oxygens (including phenoxy) is 1. The van der Waals surface area contributed by atoms with Crippen LogP contribution in [0.1, 0.15) is 38.8 Å². The Kier molecular flexibility index (Phi) is 7.45. The fourth-order valence-corrected chi connectivity index (χ4v) is 3.43. The van der Waals surface area contributed by atoms with E-state index < -0.39 is 24.4 Å². The number of alkyl carbamates (subject to hydrolysis) is 1. The first-order chi connectivity index (χ1) is 15.0. The molecule has 1 aliphatic heterocycles. The minimum absolute atomic E-state index is 0.128. The number of carbonyl (C=O) groups is 1. The second-order valence-electron chi connectivity index (χ2n) is 8.62. The monoisotopic (exact) mass is 476 g/mol. The summed E-state index contributed by atoms with van der Waals surface area (Å²) < 4.78 is 17.7. The summed E-state index contributed by atoms with van der Waals surface area (Å²) in [7, 11) is -0.693. The minimum atomic E-state index is -0.693. The SMILES string of the molecule is CC1(C)OB(C(=Cc2cc(Cl)c(N)cc2Cl)CNC(=O)OCc2ccccc2)OC1(C)C. The summed E-state index contributed by atoms with van der Waals surface area (Å²) in [4.78, 5) is 12.3. The Morgan fingerprint density at radius 2 is 1.72 bits per heavy atom. The normalized spacial score (nSPS) is 17.3. The predicted molar refractivity (Wildman–Crippen MR) is 130 cm³/mol. The molecule has 1 heterocycles. The van der Waals surface area contributed by atoms with Gasteiger partial charge >= 0.3 is 13.2 Å². The largest absolute Gasteiger partial charge is 0.492 e. The number of nitrogens with two attached hydrogens (primary N) is 1. The molecule has 3 N–H and O–H groups in total. The molecule has 0 radical (unpaired) electrons. The van der Waals surface area contributed by atoms with Crippen LogP contribution >= 0.6 is 23.2 Å². The molecule has 6 nitrogen and oxygen atoms in total. The first-order valence-electron chi connectivity index (χ1n) is 10.2. The van der Waals surface area contributed by atoms with Crippen molar-refractivity contribution in [1.29, 1.82) is 0 Å². The van der Waals surface area contributed by atoms with Gasteiger partial charge in [-0.1, -0.05) is 59.6 Å². The number of benzene rings is 2. The van der Waals surface area contributed by atoms with Crippen molar-refractivity contribution < 1.29 is 18.8 Å². The van der Waals surface area contributed by atoms with Gasteiger partial charge in [0.25, 0.3) is 0 Å². The van der Waals surface area contributed by atoms with E-state index in [1.807, 2.05) is 58.0 Å². The molecule has 3 rings (SSSR count). The lowest BCUT2D eigenvalue weighted by atomic mass is 9.77. The molecule has 32 heavy (non-hydrogen) atoms. The number of hydrogen-bond acceptors (Lipinski definition) is 5. The van der Waals surface area contributed by atoms with Gasteiger partial charge in [-0.25, -0.2) is 4.79 Å². The molecular weight excluding hydrogens is 450 g/mol. The van der Waals surface area contributed by atoms with Crippen LogP contribution in [-0.4, -0.2) is 31.0 Å². The highest BCUT2D eigenvalue weighted by atomic mass is 35.5. The molecule has 170 valence electrons. The van der Waals surface area contributed by atoms with Crippen LogP contribution in [0.4, 0.5) is 10.5 Å². The van der Waals surface area contributed by atoms with Gasteiger partial charge in [0.15, 0.2) is 0 Å². The Balaban J connectivity index is 1.78. The molecule has 1 saturated heterocycles. The van der Waals surface area contributed by atoms with Crippen molar-refractivity contribution in [1.82, 2.24) is 5.32 Å². The Morgan fingerprint density at radius 1 is 1.09 bits per heavy atom. The molecule has 0 aliphatic carbocycles. The van der Waals surface area contributed by atoms with Gasteiger partial charge in [0, 0.05) is 11.6 Å². The first kappa shape index (κ1) is 24.5. The zero-order valence-electron chi connectivity index (χ0n) is 18.6. The van der Waals surface area contributed by atoms with E-state index in [1.54, 1.807) is 18.2 Å². The molecule has 1 fully saturated rings. The average molecular weight is 477 g/mol. The number of nitrogen functional groups attached to an aromatic ring is 1. The van der Waals surface area contributed by atoms with Gasteiger partial charge in [-0.2, -0.15) is 0 Å². The van der Waals surface area contributed by atoms with E-state index in [9.17, 15) is 4.79 Å². The fraction of sp³-hybridized carbons (Fsp3) is 0.348. The maximum absolute atomic E-state index is 12.3. The van der Waals surface area contributed by atoms with Crippen LogP contribution in [0.2, 0.25) is 10.0 Å². The summed E-state index contributed by atoms with van der Waals surface area (Å²) in [5, 5.41) is 3.56. The molecule has 0 unspecified atom stereocenters. The highest BCUT2D eigenvalue weighted by Crippen LogP contribution is 2.39. The van der Waals surface area contributed by atoms with Crippen molar-refractivity contribution in [2.75, 3.05) is 12.3 Å². The van der Waals surface area contributed by atoms with Crippen molar-refractivity contribution in [3.63, 3.8) is 0 Å². The van der Waals surface area contributed by atoms with Crippen LogP contribution in [0, 0.1) is 0 Å². The first-order valence-corrected chi connectivity index (χ1v) is 11.0. The average Bonchev–Trinajstić information content (AvgIpc) is 2.95. The Labute approximate surface area is 199 Å². The van der Waals surface area contributed by atoms with Crippen LogP contribution in [0.3, 0.4) is 0 Å².